The zero-order valence-corrected chi connectivity index (χ0v) is 16.1. The number of hydrogen-bond acceptors (Lipinski definition) is 2. The molecule has 0 fully saturated rings. The second-order valence-corrected chi connectivity index (χ2v) is 7.31. The second-order valence-electron chi connectivity index (χ2n) is 6.49. The van der Waals surface area contributed by atoms with E-state index in [0.29, 0.717) is 5.11 Å². The number of nitrogens with one attached hydrogen (secondary N) is 2. The van der Waals surface area contributed by atoms with Crippen molar-refractivity contribution in [3.63, 3.8) is 0 Å². The summed E-state index contributed by atoms with van der Waals surface area (Å²) in [6.07, 6.45) is 2.22. The van der Waals surface area contributed by atoms with Gasteiger partial charge in [-0.25, -0.2) is 0 Å². The normalized spacial score (nSPS) is 14.0. The Morgan fingerprint density at radius 1 is 1.20 bits per heavy atom. The molecule has 0 amide bonds. The van der Waals surface area contributed by atoms with Crippen molar-refractivity contribution in [2.45, 2.75) is 26.3 Å². The summed E-state index contributed by atoms with van der Waals surface area (Å²) in [6.45, 7) is 6.13. The largest absolute Gasteiger partial charge is 0.362 e. The van der Waals surface area contributed by atoms with Crippen molar-refractivity contribution in [1.29, 1.82) is 0 Å². The van der Waals surface area contributed by atoms with Crippen LogP contribution in [0.3, 0.4) is 0 Å². The Bertz CT molecular complexity index is 747. The van der Waals surface area contributed by atoms with Gasteiger partial charge in [0.25, 0.3) is 0 Å². The molecule has 132 valence electrons. The highest BCUT2D eigenvalue weighted by atomic mass is 35.5. The minimum absolute atomic E-state index is 0.643. The molecule has 5 heteroatoms. The highest BCUT2D eigenvalue weighted by Gasteiger charge is 2.14. The van der Waals surface area contributed by atoms with Crippen molar-refractivity contribution >= 4 is 34.6 Å². The standard InChI is InChI=1S/C20H24ClN3S/c1-15-7-8-18(13-19(15)21)23-20(25)22-10-4-11-24-12-9-16-5-2-3-6-17(16)14-24/h2-3,5-8,13H,4,9-12,14H2,1H3,(H2,22,23,25). The third kappa shape index (κ3) is 5.18. The van der Waals surface area contributed by atoms with Crippen molar-refractivity contribution in [3.05, 3.63) is 64.2 Å². The molecule has 0 saturated carbocycles. The van der Waals surface area contributed by atoms with E-state index >= 15 is 0 Å². The van der Waals surface area contributed by atoms with Crippen LogP contribution in [0.1, 0.15) is 23.1 Å². The summed E-state index contributed by atoms with van der Waals surface area (Å²) < 4.78 is 0. The van der Waals surface area contributed by atoms with Gasteiger partial charge >= 0.3 is 0 Å². The van der Waals surface area contributed by atoms with Crippen molar-refractivity contribution in [1.82, 2.24) is 10.2 Å². The third-order valence-electron chi connectivity index (χ3n) is 4.58. The van der Waals surface area contributed by atoms with Gasteiger partial charge in [-0.05, 0) is 60.8 Å². The predicted octanol–water partition coefficient (Wildman–Crippen LogP) is 4.38. The van der Waals surface area contributed by atoms with Gasteiger partial charge in [-0.1, -0.05) is 41.9 Å². The summed E-state index contributed by atoms with van der Waals surface area (Å²) in [5, 5.41) is 7.85. The van der Waals surface area contributed by atoms with Crippen molar-refractivity contribution in [3.8, 4) is 0 Å². The fraction of sp³-hybridized carbons (Fsp3) is 0.350. The molecule has 2 N–H and O–H groups in total. The van der Waals surface area contributed by atoms with Crippen LogP contribution < -0.4 is 10.6 Å². The first-order chi connectivity index (χ1) is 12.1. The number of benzene rings is 2. The van der Waals surface area contributed by atoms with Gasteiger partial charge in [0.15, 0.2) is 5.11 Å². The Hall–Kier alpha value is -1.62. The fourth-order valence-electron chi connectivity index (χ4n) is 3.10. The van der Waals surface area contributed by atoms with E-state index in [1.54, 1.807) is 0 Å². The van der Waals surface area contributed by atoms with Gasteiger partial charge in [0.05, 0.1) is 0 Å². The topological polar surface area (TPSA) is 27.3 Å². The number of fused-ring (bicyclic) bond motifs is 1. The summed E-state index contributed by atoms with van der Waals surface area (Å²) in [5.41, 5.74) is 4.95. The van der Waals surface area contributed by atoms with Gasteiger partial charge in [0.2, 0.25) is 0 Å². The van der Waals surface area contributed by atoms with Crippen LogP contribution in [0.4, 0.5) is 5.69 Å². The minimum Gasteiger partial charge on any atom is -0.362 e. The minimum atomic E-state index is 0.643. The molecule has 0 aliphatic carbocycles. The van der Waals surface area contributed by atoms with Gasteiger partial charge < -0.3 is 10.6 Å². The van der Waals surface area contributed by atoms with Crippen LogP contribution in [0.25, 0.3) is 0 Å². The highest BCUT2D eigenvalue weighted by molar-refractivity contribution is 7.80. The molecule has 0 radical (unpaired) electrons. The van der Waals surface area contributed by atoms with Crippen LogP contribution in [0, 0.1) is 6.92 Å². The Labute approximate surface area is 160 Å². The molecule has 2 aromatic carbocycles. The molecule has 3 rings (SSSR count). The summed E-state index contributed by atoms with van der Waals surface area (Å²) in [5.74, 6) is 0. The van der Waals surface area contributed by atoms with Crippen LogP contribution in [0.5, 0.6) is 0 Å². The van der Waals surface area contributed by atoms with Crippen molar-refractivity contribution in [2.75, 3.05) is 25.0 Å². The zero-order valence-electron chi connectivity index (χ0n) is 14.5. The lowest BCUT2D eigenvalue weighted by Crippen LogP contribution is -2.34. The summed E-state index contributed by atoms with van der Waals surface area (Å²) >= 11 is 11.5. The average Bonchev–Trinajstić information content (AvgIpc) is 2.62. The highest BCUT2D eigenvalue weighted by Crippen LogP contribution is 2.20. The van der Waals surface area contributed by atoms with E-state index in [2.05, 4.69) is 39.8 Å². The quantitative estimate of drug-likeness (QED) is 0.600. The number of thiocarbonyl (C=S) groups is 1. The number of hydrogen-bond donors (Lipinski definition) is 2. The van der Waals surface area contributed by atoms with E-state index in [-0.39, 0.29) is 0 Å². The number of anilines is 1. The lowest BCUT2D eigenvalue weighted by molar-refractivity contribution is 0.251. The molecule has 1 aliphatic heterocycles. The maximum absolute atomic E-state index is 6.14. The van der Waals surface area contributed by atoms with E-state index in [9.17, 15) is 0 Å². The summed E-state index contributed by atoms with van der Waals surface area (Å²) in [7, 11) is 0. The first kappa shape index (κ1) is 18.2. The number of halogens is 1. The van der Waals surface area contributed by atoms with Crippen LogP contribution >= 0.6 is 23.8 Å². The monoisotopic (exact) mass is 373 g/mol. The lowest BCUT2D eigenvalue weighted by Gasteiger charge is -2.28. The maximum atomic E-state index is 6.14. The number of nitrogens with zero attached hydrogens (tertiary/aromatic N) is 1. The molecule has 0 atom stereocenters. The second kappa shape index (κ2) is 8.65. The third-order valence-corrected chi connectivity index (χ3v) is 5.23. The molecule has 1 heterocycles. The molecule has 0 aromatic heterocycles. The average molecular weight is 374 g/mol. The Balaban J connectivity index is 1.37. The summed E-state index contributed by atoms with van der Waals surface area (Å²) in [6, 6.07) is 14.6. The number of rotatable bonds is 5. The molecule has 0 unspecified atom stereocenters. The molecule has 25 heavy (non-hydrogen) atoms. The van der Waals surface area contributed by atoms with Crippen molar-refractivity contribution in [2.24, 2.45) is 0 Å². The van der Waals surface area contributed by atoms with E-state index in [0.717, 1.165) is 55.3 Å². The van der Waals surface area contributed by atoms with Crippen LogP contribution in [0.15, 0.2) is 42.5 Å². The van der Waals surface area contributed by atoms with Crippen molar-refractivity contribution < 1.29 is 0 Å². The van der Waals surface area contributed by atoms with Crippen LogP contribution in [0.2, 0.25) is 5.02 Å². The first-order valence-electron chi connectivity index (χ1n) is 8.72. The molecule has 0 bridgehead atoms. The molecule has 1 aliphatic rings. The molecule has 0 saturated heterocycles. The fourth-order valence-corrected chi connectivity index (χ4v) is 3.50. The van der Waals surface area contributed by atoms with Gasteiger partial charge in [0.1, 0.15) is 0 Å². The van der Waals surface area contributed by atoms with Gasteiger partial charge in [0, 0.05) is 36.9 Å². The SMILES string of the molecule is Cc1ccc(NC(=S)NCCCN2CCc3ccccc3C2)cc1Cl. The first-order valence-corrected chi connectivity index (χ1v) is 9.50. The van der Waals surface area contributed by atoms with Crippen LogP contribution in [-0.2, 0) is 13.0 Å². The molecule has 2 aromatic rings. The van der Waals surface area contributed by atoms with E-state index in [4.69, 9.17) is 23.8 Å². The van der Waals surface area contributed by atoms with E-state index in [1.165, 1.54) is 11.1 Å². The number of aryl methyl sites for hydroxylation is 1. The molecule has 0 spiro atoms. The zero-order chi connectivity index (χ0) is 17.6. The van der Waals surface area contributed by atoms with Gasteiger partial charge in [-0.15, -0.1) is 0 Å². The Morgan fingerprint density at radius 3 is 2.80 bits per heavy atom. The van der Waals surface area contributed by atoms with E-state index in [1.807, 2.05) is 25.1 Å². The van der Waals surface area contributed by atoms with Crippen LogP contribution in [-0.4, -0.2) is 29.6 Å². The predicted molar refractivity (Wildman–Crippen MR) is 110 cm³/mol. The lowest BCUT2D eigenvalue weighted by atomic mass is 10.00. The molecule has 3 nitrogen and oxygen atoms in total. The maximum Gasteiger partial charge on any atom is 0.170 e. The summed E-state index contributed by atoms with van der Waals surface area (Å²) in [4.78, 5) is 2.51. The molecular weight excluding hydrogens is 350 g/mol. The van der Waals surface area contributed by atoms with Gasteiger partial charge in [-0.3, -0.25) is 4.90 Å². The Kier molecular flexibility index (Phi) is 6.29. The smallest absolute Gasteiger partial charge is 0.170 e. The Morgan fingerprint density at radius 2 is 2.00 bits per heavy atom. The van der Waals surface area contributed by atoms with E-state index < -0.39 is 0 Å². The van der Waals surface area contributed by atoms with Gasteiger partial charge in [-0.2, -0.15) is 0 Å². The molecular formula is C20H24ClN3S.